The fourth-order valence-electron chi connectivity index (χ4n) is 3.23. The molecular formula is C17H18F2N6O3. The maximum atomic E-state index is 14.1. The van der Waals surface area contributed by atoms with Gasteiger partial charge in [-0.25, -0.2) is 23.3 Å². The molecule has 4 heterocycles. The molecule has 1 unspecified atom stereocenters. The second kappa shape index (κ2) is 6.82. The highest BCUT2D eigenvalue weighted by atomic mass is 19.3. The molecule has 3 aromatic rings. The van der Waals surface area contributed by atoms with Gasteiger partial charge in [0.15, 0.2) is 5.82 Å². The summed E-state index contributed by atoms with van der Waals surface area (Å²) in [5.41, 5.74) is 1.63. The van der Waals surface area contributed by atoms with E-state index in [2.05, 4.69) is 20.1 Å². The van der Waals surface area contributed by atoms with Crippen LogP contribution in [-0.4, -0.2) is 71.0 Å². The number of hydrogen-bond donors (Lipinski definition) is 0. The first-order chi connectivity index (χ1) is 13.5. The van der Waals surface area contributed by atoms with Gasteiger partial charge in [0, 0.05) is 25.7 Å². The molecule has 0 radical (unpaired) electrons. The largest absolute Gasteiger partial charge is 0.480 e. The molecule has 0 saturated carbocycles. The zero-order valence-electron chi connectivity index (χ0n) is 15.5. The Bertz CT molecular complexity index is 1010. The fraction of sp³-hybridized carbons (Fsp3) is 0.412. The van der Waals surface area contributed by atoms with Crippen LogP contribution >= 0.6 is 0 Å². The van der Waals surface area contributed by atoms with Crippen LogP contribution in [0.25, 0.3) is 16.8 Å². The zero-order valence-corrected chi connectivity index (χ0v) is 15.5. The van der Waals surface area contributed by atoms with E-state index in [-0.39, 0.29) is 18.4 Å². The van der Waals surface area contributed by atoms with Gasteiger partial charge in [-0.1, -0.05) is 0 Å². The van der Waals surface area contributed by atoms with Crippen LogP contribution in [0.1, 0.15) is 0 Å². The van der Waals surface area contributed by atoms with Crippen molar-refractivity contribution in [3.05, 3.63) is 24.7 Å². The molecule has 1 fully saturated rings. The summed E-state index contributed by atoms with van der Waals surface area (Å²) in [5.74, 6) is -2.27. The Balaban J connectivity index is 1.77. The number of hydrogen-bond acceptors (Lipinski definition) is 8. The standard InChI is InChI=1S/C17H18F2N6O3/c1-26-13-8-24(9-17(13,18)19)14-12-6-11(23-25(12)5-4-20-14)10-7-21-16(28-3)22-15(10)27-2/h4-7,13H,8-9H2,1-3H3. The third kappa shape index (κ3) is 2.97. The van der Waals surface area contributed by atoms with Crippen LogP contribution in [0.4, 0.5) is 14.6 Å². The number of nitrogens with zero attached hydrogens (tertiary/aromatic N) is 6. The van der Waals surface area contributed by atoms with Crippen molar-refractivity contribution in [1.29, 1.82) is 0 Å². The van der Waals surface area contributed by atoms with E-state index in [9.17, 15) is 8.78 Å². The summed E-state index contributed by atoms with van der Waals surface area (Å²) >= 11 is 0. The summed E-state index contributed by atoms with van der Waals surface area (Å²) < 4.78 is 45.1. The second-order valence-corrected chi connectivity index (χ2v) is 6.26. The number of fused-ring (bicyclic) bond motifs is 1. The molecule has 0 aromatic carbocycles. The van der Waals surface area contributed by atoms with Crippen LogP contribution in [-0.2, 0) is 4.74 Å². The van der Waals surface area contributed by atoms with Crippen LogP contribution in [0.5, 0.6) is 11.9 Å². The van der Waals surface area contributed by atoms with Crippen molar-refractivity contribution in [2.24, 2.45) is 0 Å². The molecule has 148 valence electrons. The van der Waals surface area contributed by atoms with Crippen molar-refractivity contribution in [3.8, 4) is 23.1 Å². The zero-order chi connectivity index (χ0) is 19.9. The summed E-state index contributed by atoms with van der Waals surface area (Å²) in [7, 11) is 4.21. The Morgan fingerprint density at radius 1 is 1.18 bits per heavy atom. The van der Waals surface area contributed by atoms with Crippen LogP contribution in [0, 0.1) is 0 Å². The van der Waals surface area contributed by atoms with E-state index in [1.165, 1.54) is 38.6 Å². The molecule has 1 aliphatic rings. The van der Waals surface area contributed by atoms with Crippen molar-refractivity contribution in [2.45, 2.75) is 12.0 Å². The summed E-state index contributed by atoms with van der Waals surface area (Å²) in [6.45, 7) is -0.445. The number of anilines is 1. The molecule has 1 atom stereocenters. The van der Waals surface area contributed by atoms with E-state index in [0.29, 0.717) is 22.6 Å². The molecule has 28 heavy (non-hydrogen) atoms. The first kappa shape index (κ1) is 18.3. The minimum Gasteiger partial charge on any atom is -0.480 e. The predicted molar refractivity (Wildman–Crippen MR) is 95.1 cm³/mol. The second-order valence-electron chi connectivity index (χ2n) is 6.26. The van der Waals surface area contributed by atoms with Gasteiger partial charge in [0.25, 0.3) is 5.92 Å². The molecule has 11 heteroatoms. The van der Waals surface area contributed by atoms with Gasteiger partial charge in [0.2, 0.25) is 5.88 Å². The molecule has 0 spiro atoms. The van der Waals surface area contributed by atoms with E-state index in [4.69, 9.17) is 14.2 Å². The van der Waals surface area contributed by atoms with Crippen LogP contribution < -0.4 is 14.4 Å². The van der Waals surface area contributed by atoms with Gasteiger partial charge in [-0.2, -0.15) is 10.1 Å². The molecule has 0 amide bonds. The molecule has 0 aliphatic carbocycles. The van der Waals surface area contributed by atoms with E-state index >= 15 is 0 Å². The summed E-state index contributed by atoms with van der Waals surface area (Å²) in [5, 5.41) is 4.49. The Morgan fingerprint density at radius 3 is 2.68 bits per heavy atom. The molecule has 4 rings (SSSR count). The van der Waals surface area contributed by atoms with Gasteiger partial charge >= 0.3 is 6.01 Å². The number of halogens is 2. The lowest BCUT2D eigenvalue weighted by Crippen LogP contribution is -2.33. The fourth-order valence-corrected chi connectivity index (χ4v) is 3.23. The third-order valence-electron chi connectivity index (χ3n) is 4.60. The number of rotatable bonds is 5. The highest BCUT2D eigenvalue weighted by Crippen LogP contribution is 2.35. The van der Waals surface area contributed by atoms with Crippen LogP contribution in [0.2, 0.25) is 0 Å². The molecule has 1 saturated heterocycles. The maximum Gasteiger partial charge on any atom is 0.319 e. The number of ether oxygens (including phenoxy) is 3. The Morgan fingerprint density at radius 2 is 2.00 bits per heavy atom. The van der Waals surface area contributed by atoms with Gasteiger partial charge in [-0.15, -0.1) is 0 Å². The maximum absolute atomic E-state index is 14.1. The lowest BCUT2D eigenvalue weighted by atomic mass is 10.2. The van der Waals surface area contributed by atoms with Gasteiger partial charge in [-0.05, 0) is 6.07 Å². The third-order valence-corrected chi connectivity index (χ3v) is 4.60. The quantitative estimate of drug-likeness (QED) is 0.648. The van der Waals surface area contributed by atoms with E-state index in [0.717, 1.165) is 0 Å². The molecule has 1 aliphatic heterocycles. The topological polar surface area (TPSA) is 86.9 Å². The SMILES string of the molecule is COc1ncc(-c2cc3c(N4CC(OC)C(F)(F)C4)nccn3n2)c(OC)n1. The Hall–Kier alpha value is -3.08. The van der Waals surface area contributed by atoms with Crippen LogP contribution in [0.3, 0.4) is 0 Å². The predicted octanol–water partition coefficient (Wildman–Crippen LogP) is 1.67. The average Bonchev–Trinajstić information content (AvgIpc) is 3.27. The van der Waals surface area contributed by atoms with Crippen molar-refractivity contribution in [1.82, 2.24) is 24.6 Å². The highest BCUT2D eigenvalue weighted by Gasteiger charge is 2.49. The van der Waals surface area contributed by atoms with Crippen molar-refractivity contribution in [3.63, 3.8) is 0 Å². The monoisotopic (exact) mass is 392 g/mol. The first-order valence-corrected chi connectivity index (χ1v) is 8.42. The van der Waals surface area contributed by atoms with Crippen molar-refractivity contribution >= 4 is 11.3 Å². The minimum atomic E-state index is -2.96. The molecule has 0 bridgehead atoms. The van der Waals surface area contributed by atoms with Crippen LogP contribution in [0.15, 0.2) is 24.7 Å². The van der Waals surface area contributed by atoms with E-state index in [1.54, 1.807) is 16.8 Å². The van der Waals surface area contributed by atoms with Gasteiger partial charge in [-0.3, -0.25) is 0 Å². The smallest absolute Gasteiger partial charge is 0.319 e. The average molecular weight is 392 g/mol. The number of alkyl halides is 2. The van der Waals surface area contributed by atoms with E-state index < -0.39 is 18.6 Å². The highest BCUT2D eigenvalue weighted by molar-refractivity contribution is 5.77. The molecule has 9 nitrogen and oxygen atoms in total. The Kier molecular flexibility index (Phi) is 4.46. The molecule has 3 aromatic heterocycles. The minimum absolute atomic E-state index is 0.0334. The molecule has 0 N–H and O–H groups in total. The summed E-state index contributed by atoms with van der Waals surface area (Å²) in [4.78, 5) is 14.0. The first-order valence-electron chi connectivity index (χ1n) is 8.42. The summed E-state index contributed by atoms with van der Waals surface area (Å²) in [6.07, 6.45) is 3.50. The number of aromatic nitrogens is 5. The lowest BCUT2D eigenvalue weighted by molar-refractivity contribution is -0.0889. The van der Waals surface area contributed by atoms with E-state index in [1.807, 2.05) is 0 Å². The van der Waals surface area contributed by atoms with Gasteiger partial charge in [0.1, 0.15) is 17.3 Å². The van der Waals surface area contributed by atoms with Gasteiger partial charge in [0.05, 0.1) is 32.9 Å². The normalized spacial score (nSPS) is 18.6. The number of methoxy groups -OCH3 is 3. The van der Waals surface area contributed by atoms with Crippen molar-refractivity contribution < 1.29 is 23.0 Å². The van der Waals surface area contributed by atoms with Gasteiger partial charge < -0.3 is 19.1 Å². The summed E-state index contributed by atoms with van der Waals surface area (Å²) in [6, 6.07) is 1.89. The van der Waals surface area contributed by atoms with Crippen molar-refractivity contribution in [2.75, 3.05) is 39.3 Å². The lowest BCUT2D eigenvalue weighted by Gasteiger charge is -2.16. The molecular weight excluding hydrogens is 374 g/mol. The Labute approximate surface area is 158 Å².